The SMILES string of the molecule is O=C(Cc1ccsc1)NCc1cccc(Cl)c1. The molecule has 0 saturated carbocycles. The standard InChI is InChI=1S/C13H12ClNOS/c14-12-3-1-2-10(6-12)8-15-13(16)7-11-4-5-17-9-11/h1-6,9H,7-8H2,(H,15,16). The maximum absolute atomic E-state index is 11.6. The third-order valence-corrected chi connectivity index (χ3v) is 3.29. The zero-order valence-electron chi connectivity index (χ0n) is 9.15. The number of rotatable bonds is 4. The van der Waals surface area contributed by atoms with Gasteiger partial charge in [0.05, 0.1) is 6.42 Å². The van der Waals surface area contributed by atoms with E-state index in [0.29, 0.717) is 18.0 Å². The number of halogens is 1. The molecular formula is C13H12ClNOS. The van der Waals surface area contributed by atoms with Gasteiger partial charge in [-0.05, 0) is 40.1 Å². The van der Waals surface area contributed by atoms with Gasteiger partial charge in [-0.25, -0.2) is 0 Å². The van der Waals surface area contributed by atoms with Crippen LogP contribution in [0, 0.1) is 0 Å². The van der Waals surface area contributed by atoms with Gasteiger partial charge in [0, 0.05) is 11.6 Å². The molecule has 1 heterocycles. The van der Waals surface area contributed by atoms with Crippen molar-refractivity contribution in [2.24, 2.45) is 0 Å². The van der Waals surface area contributed by atoms with Gasteiger partial charge < -0.3 is 5.32 Å². The van der Waals surface area contributed by atoms with Crippen LogP contribution in [-0.2, 0) is 17.8 Å². The topological polar surface area (TPSA) is 29.1 Å². The Morgan fingerprint density at radius 3 is 2.88 bits per heavy atom. The lowest BCUT2D eigenvalue weighted by molar-refractivity contribution is -0.120. The van der Waals surface area contributed by atoms with Crippen molar-refractivity contribution in [3.63, 3.8) is 0 Å². The van der Waals surface area contributed by atoms with Crippen molar-refractivity contribution in [2.45, 2.75) is 13.0 Å². The van der Waals surface area contributed by atoms with E-state index >= 15 is 0 Å². The highest BCUT2D eigenvalue weighted by Crippen LogP contribution is 2.10. The molecule has 0 unspecified atom stereocenters. The van der Waals surface area contributed by atoms with Crippen molar-refractivity contribution in [2.75, 3.05) is 0 Å². The Labute approximate surface area is 109 Å². The second-order valence-electron chi connectivity index (χ2n) is 3.72. The number of hydrogen-bond acceptors (Lipinski definition) is 2. The summed E-state index contributed by atoms with van der Waals surface area (Å²) in [4.78, 5) is 11.6. The Morgan fingerprint density at radius 1 is 1.29 bits per heavy atom. The predicted molar refractivity (Wildman–Crippen MR) is 71.3 cm³/mol. The molecule has 4 heteroatoms. The molecule has 0 radical (unpaired) electrons. The van der Waals surface area contributed by atoms with E-state index in [0.717, 1.165) is 11.1 Å². The first-order chi connectivity index (χ1) is 8.24. The normalized spacial score (nSPS) is 10.2. The highest BCUT2D eigenvalue weighted by atomic mass is 35.5. The van der Waals surface area contributed by atoms with Crippen LogP contribution in [0.5, 0.6) is 0 Å². The van der Waals surface area contributed by atoms with Crippen molar-refractivity contribution < 1.29 is 4.79 Å². The molecular weight excluding hydrogens is 254 g/mol. The number of amides is 1. The molecule has 0 spiro atoms. The van der Waals surface area contributed by atoms with Crippen LogP contribution in [0.25, 0.3) is 0 Å². The van der Waals surface area contributed by atoms with E-state index in [9.17, 15) is 4.79 Å². The molecule has 0 fully saturated rings. The van der Waals surface area contributed by atoms with E-state index in [1.54, 1.807) is 11.3 Å². The number of hydrogen-bond donors (Lipinski definition) is 1. The summed E-state index contributed by atoms with van der Waals surface area (Å²) >= 11 is 7.46. The van der Waals surface area contributed by atoms with Gasteiger partial charge in [0.1, 0.15) is 0 Å². The van der Waals surface area contributed by atoms with Crippen LogP contribution in [0.15, 0.2) is 41.1 Å². The summed E-state index contributed by atoms with van der Waals surface area (Å²) in [6.07, 6.45) is 0.435. The molecule has 0 bridgehead atoms. The Morgan fingerprint density at radius 2 is 2.18 bits per heavy atom. The molecule has 0 saturated heterocycles. The summed E-state index contributed by atoms with van der Waals surface area (Å²) in [6, 6.07) is 9.45. The highest BCUT2D eigenvalue weighted by Gasteiger charge is 2.03. The van der Waals surface area contributed by atoms with E-state index in [1.165, 1.54) is 0 Å². The van der Waals surface area contributed by atoms with Gasteiger partial charge in [-0.15, -0.1) is 0 Å². The number of carbonyl (C=O) groups is 1. The first kappa shape index (κ1) is 12.1. The molecule has 2 rings (SSSR count). The molecule has 1 N–H and O–H groups in total. The molecule has 0 aliphatic rings. The fourth-order valence-electron chi connectivity index (χ4n) is 1.49. The Hall–Kier alpha value is -1.32. The van der Waals surface area contributed by atoms with Crippen LogP contribution in [0.1, 0.15) is 11.1 Å². The first-order valence-corrected chi connectivity index (χ1v) is 6.58. The van der Waals surface area contributed by atoms with E-state index in [4.69, 9.17) is 11.6 Å². The summed E-state index contributed by atoms with van der Waals surface area (Å²) in [7, 11) is 0. The summed E-state index contributed by atoms with van der Waals surface area (Å²) < 4.78 is 0. The Kier molecular flexibility index (Phi) is 4.18. The van der Waals surface area contributed by atoms with Gasteiger partial charge in [-0.1, -0.05) is 23.7 Å². The molecule has 88 valence electrons. The van der Waals surface area contributed by atoms with Gasteiger partial charge in [0.25, 0.3) is 0 Å². The van der Waals surface area contributed by atoms with Gasteiger partial charge >= 0.3 is 0 Å². The largest absolute Gasteiger partial charge is 0.352 e. The molecule has 2 aromatic rings. The van der Waals surface area contributed by atoms with E-state index in [-0.39, 0.29) is 5.91 Å². The maximum Gasteiger partial charge on any atom is 0.224 e. The van der Waals surface area contributed by atoms with Crippen LogP contribution in [-0.4, -0.2) is 5.91 Å². The van der Waals surface area contributed by atoms with E-state index in [1.807, 2.05) is 41.1 Å². The van der Waals surface area contributed by atoms with Gasteiger partial charge in [0.15, 0.2) is 0 Å². The summed E-state index contributed by atoms with van der Waals surface area (Å²) in [5.41, 5.74) is 2.06. The minimum Gasteiger partial charge on any atom is -0.352 e. The summed E-state index contributed by atoms with van der Waals surface area (Å²) in [6.45, 7) is 0.517. The van der Waals surface area contributed by atoms with Crippen LogP contribution in [0.2, 0.25) is 5.02 Å². The van der Waals surface area contributed by atoms with Crippen molar-refractivity contribution >= 4 is 28.8 Å². The number of thiophene rings is 1. The van der Waals surface area contributed by atoms with Gasteiger partial charge in [-0.2, -0.15) is 11.3 Å². The zero-order valence-corrected chi connectivity index (χ0v) is 10.7. The number of nitrogens with one attached hydrogen (secondary N) is 1. The van der Waals surface area contributed by atoms with Crippen LogP contribution in [0.4, 0.5) is 0 Å². The zero-order chi connectivity index (χ0) is 12.1. The average Bonchev–Trinajstić information content (AvgIpc) is 2.79. The van der Waals surface area contributed by atoms with Crippen LogP contribution < -0.4 is 5.32 Å². The number of carbonyl (C=O) groups excluding carboxylic acids is 1. The third-order valence-electron chi connectivity index (χ3n) is 2.32. The van der Waals surface area contributed by atoms with Crippen molar-refractivity contribution in [3.05, 3.63) is 57.2 Å². The maximum atomic E-state index is 11.6. The smallest absolute Gasteiger partial charge is 0.224 e. The first-order valence-electron chi connectivity index (χ1n) is 5.26. The van der Waals surface area contributed by atoms with Gasteiger partial charge in [-0.3, -0.25) is 4.79 Å². The molecule has 1 amide bonds. The quantitative estimate of drug-likeness (QED) is 0.903. The summed E-state index contributed by atoms with van der Waals surface area (Å²) in [5.74, 6) is 0.0309. The molecule has 0 atom stereocenters. The van der Waals surface area contributed by atoms with Gasteiger partial charge in [0.2, 0.25) is 5.91 Å². The fourth-order valence-corrected chi connectivity index (χ4v) is 2.37. The van der Waals surface area contributed by atoms with Crippen LogP contribution >= 0.6 is 22.9 Å². The molecule has 0 aliphatic carbocycles. The minimum absolute atomic E-state index is 0.0309. The highest BCUT2D eigenvalue weighted by molar-refractivity contribution is 7.07. The monoisotopic (exact) mass is 265 g/mol. The lowest BCUT2D eigenvalue weighted by Gasteiger charge is -2.04. The number of benzene rings is 1. The fraction of sp³-hybridized carbons (Fsp3) is 0.154. The summed E-state index contributed by atoms with van der Waals surface area (Å²) in [5, 5.41) is 7.52. The molecule has 1 aromatic carbocycles. The van der Waals surface area contributed by atoms with Crippen molar-refractivity contribution in [1.82, 2.24) is 5.32 Å². The van der Waals surface area contributed by atoms with Crippen LogP contribution in [0.3, 0.4) is 0 Å². The van der Waals surface area contributed by atoms with Crippen molar-refractivity contribution in [3.8, 4) is 0 Å². The lowest BCUT2D eigenvalue weighted by Crippen LogP contribution is -2.24. The second-order valence-corrected chi connectivity index (χ2v) is 4.93. The minimum atomic E-state index is 0.0309. The van der Waals surface area contributed by atoms with E-state index in [2.05, 4.69) is 5.32 Å². The molecule has 1 aromatic heterocycles. The predicted octanol–water partition coefficient (Wildman–Crippen LogP) is 3.26. The lowest BCUT2D eigenvalue weighted by atomic mass is 10.2. The third kappa shape index (κ3) is 3.88. The average molecular weight is 266 g/mol. The Balaban J connectivity index is 1.84. The van der Waals surface area contributed by atoms with E-state index < -0.39 is 0 Å². The van der Waals surface area contributed by atoms with Crippen molar-refractivity contribution in [1.29, 1.82) is 0 Å². The molecule has 0 aliphatic heterocycles. The molecule has 2 nitrogen and oxygen atoms in total. The molecule has 17 heavy (non-hydrogen) atoms. The second kappa shape index (κ2) is 5.84. The Bertz CT molecular complexity index is 496.